The molecule has 138 valence electrons. The average Bonchev–Trinajstić information content (AvgIpc) is 3.15. The fourth-order valence-electron chi connectivity index (χ4n) is 3.34. The predicted molar refractivity (Wildman–Crippen MR) is 103 cm³/mol. The second-order valence-electron chi connectivity index (χ2n) is 6.25. The third-order valence-corrected chi connectivity index (χ3v) is 7.19. The number of anilines is 1. The van der Waals surface area contributed by atoms with Gasteiger partial charge in [-0.15, -0.1) is 11.3 Å². The summed E-state index contributed by atoms with van der Waals surface area (Å²) in [4.78, 5) is 16.0. The normalized spacial score (nSPS) is 17.7. The molecule has 4 rings (SSSR count). The molecule has 1 atom stereocenters. The lowest BCUT2D eigenvalue weighted by molar-refractivity contribution is -0.137. The number of rotatable bonds is 4. The number of hydrogen-bond donors (Lipinski definition) is 1. The third-order valence-electron chi connectivity index (χ3n) is 4.50. The molecule has 1 unspecified atom stereocenters. The van der Waals surface area contributed by atoms with E-state index in [2.05, 4.69) is 4.98 Å². The Morgan fingerprint density at radius 2 is 1.89 bits per heavy atom. The third kappa shape index (κ3) is 3.00. The van der Waals surface area contributed by atoms with Gasteiger partial charge in [0.25, 0.3) is 10.0 Å². The highest BCUT2D eigenvalue weighted by atomic mass is 32.2. The number of thiazole rings is 1. The lowest BCUT2D eigenvalue weighted by Crippen LogP contribution is -2.29. The maximum absolute atomic E-state index is 13.1. The minimum Gasteiger partial charge on any atom is -0.481 e. The Labute approximate surface area is 160 Å². The molecule has 1 aliphatic rings. The van der Waals surface area contributed by atoms with Crippen LogP contribution in [0.5, 0.6) is 0 Å². The van der Waals surface area contributed by atoms with E-state index in [1.54, 1.807) is 53.8 Å². The molecule has 1 N–H and O–H groups in total. The molecule has 0 saturated heterocycles. The molecule has 6 nitrogen and oxygen atoms in total. The first-order valence-electron chi connectivity index (χ1n) is 8.25. The second-order valence-corrected chi connectivity index (χ2v) is 9.10. The van der Waals surface area contributed by atoms with Gasteiger partial charge in [-0.25, -0.2) is 13.4 Å². The number of hydrogen-bond acceptors (Lipinski definition) is 5. The number of carboxylic acids is 1. The van der Waals surface area contributed by atoms with Gasteiger partial charge in [-0.3, -0.25) is 9.10 Å². The largest absolute Gasteiger partial charge is 0.481 e. The van der Waals surface area contributed by atoms with E-state index in [0.29, 0.717) is 11.3 Å². The zero-order valence-corrected chi connectivity index (χ0v) is 16.0. The predicted octanol–water partition coefficient (Wildman–Crippen LogP) is 3.84. The van der Waals surface area contributed by atoms with Crippen LogP contribution in [0, 0.1) is 6.92 Å². The number of sulfonamides is 1. The molecular weight excluding hydrogens is 384 g/mol. The highest BCUT2D eigenvalue weighted by Crippen LogP contribution is 2.44. The molecule has 0 fully saturated rings. The smallest absolute Gasteiger partial charge is 0.305 e. The monoisotopic (exact) mass is 400 g/mol. The highest BCUT2D eigenvalue weighted by Gasteiger charge is 2.43. The molecule has 8 heteroatoms. The van der Waals surface area contributed by atoms with Crippen molar-refractivity contribution in [2.24, 2.45) is 0 Å². The van der Waals surface area contributed by atoms with E-state index < -0.39 is 22.0 Å². The van der Waals surface area contributed by atoms with Crippen LogP contribution in [0.25, 0.3) is 11.3 Å². The van der Waals surface area contributed by atoms with Crippen LogP contribution in [0.15, 0.2) is 58.8 Å². The Kier molecular flexibility index (Phi) is 4.24. The first kappa shape index (κ1) is 17.7. The Morgan fingerprint density at radius 3 is 2.52 bits per heavy atom. The summed E-state index contributed by atoms with van der Waals surface area (Å²) >= 11 is 1.54. The van der Waals surface area contributed by atoms with Crippen molar-refractivity contribution in [3.05, 3.63) is 64.5 Å². The van der Waals surface area contributed by atoms with E-state index in [4.69, 9.17) is 0 Å². The first-order chi connectivity index (χ1) is 12.9. The molecule has 2 aromatic carbocycles. The summed E-state index contributed by atoms with van der Waals surface area (Å²) in [5.74, 6) is -1.05. The summed E-state index contributed by atoms with van der Waals surface area (Å²) in [6.45, 7) is 1.92. The van der Waals surface area contributed by atoms with E-state index in [1.165, 1.54) is 10.4 Å². The Hall–Kier alpha value is -2.71. The van der Waals surface area contributed by atoms with Gasteiger partial charge in [0, 0.05) is 10.9 Å². The summed E-state index contributed by atoms with van der Waals surface area (Å²) < 4.78 is 27.3. The van der Waals surface area contributed by atoms with Gasteiger partial charge in [0.15, 0.2) is 0 Å². The van der Waals surface area contributed by atoms with Crippen molar-refractivity contribution < 1.29 is 18.3 Å². The van der Waals surface area contributed by atoms with Crippen LogP contribution in [0.4, 0.5) is 5.69 Å². The van der Waals surface area contributed by atoms with Gasteiger partial charge < -0.3 is 5.11 Å². The topological polar surface area (TPSA) is 87.6 Å². The number of carboxylic acid groups (broad SMARTS) is 1. The second kappa shape index (κ2) is 6.47. The number of benzene rings is 2. The Bertz CT molecular complexity index is 1120. The summed E-state index contributed by atoms with van der Waals surface area (Å²) in [6, 6.07) is 12.8. The van der Waals surface area contributed by atoms with E-state index >= 15 is 0 Å². The van der Waals surface area contributed by atoms with Gasteiger partial charge in [0.05, 0.1) is 33.7 Å². The van der Waals surface area contributed by atoms with Crippen molar-refractivity contribution in [3.8, 4) is 11.3 Å². The van der Waals surface area contributed by atoms with E-state index in [9.17, 15) is 18.3 Å². The van der Waals surface area contributed by atoms with Gasteiger partial charge in [-0.05, 0) is 30.7 Å². The van der Waals surface area contributed by atoms with Gasteiger partial charge >= 0.3 is 5.97 Å². The molecule has 0 amide bonds. The van der Waals surface area contributed by atoms with Crippen LogP contribution in [0.3, 0.4) is 0 Å². The minimum absolute atomic E-state index is 0.162. The molecule has 3 aromatic rings. The number of fused-ring (bicyclic) bond motifs is 1. The summed E-state index contributed by atoms with van der Waals surface area (Å²) in [7, 11) is -3.81. The Morgan fingerprint density at radius 1 is 1.19 bits per heavy atom. The van der Waals surface area contributed by atoms with Crippen LogP contribution >= 0.6 is 11.3 Å². The number of nitrogens with zero attached hydrogens (tertiary/aromatic N) is 2. The molecule has 27 heavy (non-hydrogen) atoms. The van der Waals surface area contributed by atoms with Crippen LogP contribution in [-0.2, 0) is 14.8 Å². The minimum atomic E-state index is -3.81. The fraction of sp³-hybridized carbons (Fsp3) is 0.158. The van der Waals surface area contributed by atoms with Crippen molar-refractivity contribution in [2.45, 2.75) is 24.3 Å². The molecule has 0 radical (unpaired) electrons. The molecule has 2 heterocycles. The lowest BCUT2D eigenvalue weighted by atomic mass is 10.0. The maximum atomic E-state index is 13.1. The number of aliphatic carboxylic acids is 1. The zero-order chi connectivity index (χ0) is 19.2. The van der Waals surface area contributed by atoms with Gasteiger partial charge in [-0.1, -0.05) is 30.3 Å². The average molecular weight is 400 g/mol. The maximum Gasteiger partial charge on any atom is 0.305 e. The van der Waals surface area contributed by atoms with E-state index in [1.807, 2.05) is 12.3 Å². The molecule has 0 saturated carbocycles. The molecule has 0 bridgehead atoms. The summed E-state index contributed by atoms with van der Waals surface area (Å²) in [6.07, 6.45) is -0.302. The molecule has 0 spiro atoms. The number of aryl methyl sites for hydroxylation is 1. The van der Waals surface area contributed by atoms with Crippen molar-refractivity contribution in [3.63, 3.8) is 0 Å². The fourth-order valence-corrected chi connectivity index (χ4v) is 5.85. The SMILES string of the molecule is Cc1nc(-c2ccc(N3C(CC(=O)O)c4ccccc4S3(=O)=O)cc2)cs1. The molecule has 1 aromatic heterocycles. The molecule has 1 aliphatic heterocycles. The van der Waals surface area contributed by atoms with Crippen LogP contribution < -0.4 is 4.31 Å². The van der Waals surface area contributed by atoms with Crippen LogP contribution in [0.1, 0.15) is 23.0 Å². The molecular formula is C19H16N2O4S2. The van der Waals surface area contributed by atoms with Crippen molar-refractivity contribution in [2.75, 3.05) is 4.31 Å². The summed E-state index contributed by atoms with van der Waals surface area (Å²) in [5, 5.41) is 12.2. The first-order valence-corrected chi connectivity index (χ1v) is 10.6. The Balaban J connectivity index is 1.78. The van der Waals surface area contributed by atoms with Gasteiger partial charge in [0.1, 0.15) is 0 Å². The highest BCUT2D eigenvalue weighted by molar-refractivity contribution is 7.93. The van der Waals surface area contributed by atoms with Crippen molar-refractivity contribution >= 4 is 33.0 Å². The van der Waals surface area contributed by atoms with Gasteiger partial charge in [-0.2, -0.15) is 0 Å². The van der Waals surface area contributed by atoms with Crippen molar-refractivity contribution in [1.82, 2.24) is 4.98 Å². The van der Waals surface area contributed by atoms with E-state index in [0.717, 1.165) is 16.3 Å². The lowest BCUT2D eigenvalue weighted by Gasteiger charge is -2.24. The number of carbonyl (C=O) groups is 1. The summed E-state index contributed by atoms with van der Waals surface area (Å²) in [5.41, 5.74) is 2.66. The van der Waals surface area contributed by atoms with E-state index in [-0.39, 0.29) is 11.3 Å². The van der Waals surface area contributed by atoms with Crippen LogP contribution in [0.2, 0.25) is 0 Å². The zero-order valence-electron chi connectivity index (χ0n) is 14.4. The van der Waals surface area contributed by atoms with Crippen LogP contribution in [-0.4, -0.2) is 24.5 Å². The standard InChI is InChI=1S/C19H16N2O4S2/c1-12-20-16(11-26-12)13-6-8-14(9-7-13)21-17(10-19(22)23)15-4-2-3-5-18(15)27(21,24)25/h2-9,11,17H,10H2,1H3,(H,22,23). The quantitative estimate of drug-likeness (QED) is 0.719. The van der Waals surface area contributed by atoms with Gasteiger partial charge in [0.2, 0.25) is 0 Å². The molecule has 0 aliphatic carbocycles. The van der Waals surface area contributed by atoms with Crippen molar-refractivity contribution in [1.29, 1.82) is 0 Å². The number of aromatic nitrogens is 1.